The molecular formula is C27H34N2O3. The number of nitrogens with one attached hydrogen (secondary N) is 1. The van der Waals surface area contributed by atoms with Gasteiger partial charge in [0.15, 0.2) is 0 Å². The fraction of sp³-hybridized carbons (Fsp3) is 0.444. The number of non-ortho nitro benzene ring substituents is 1. The highest BCUT2D eigenvalue weighted by molar-refractivity contribution is 6.24. The van der Waals surface area contributed by atoms with Crippen LogP contribution in [0.15, 0.2) is 54.6 Å². The summed E-state index contributed by atoms with van der Waals surface area (Å²) < 4.78 is 0. The second-order valence-corrected chi connectivity index (χ2v) is 8.70. The Morgan fingerprint density at radius 2 is 1.34 bits per heavy atom. The standard InChI is InChI=1S/C27H34N2O3/c30-27(28-24-15-11-6-4-2-1-3-5-7-12-16-24)26(23-13-9-8-10-14-23)21-22-17-19-25(20-18-22)29(31)32/h8-10,13-14,17-21,24H,1-7,11-12,15-16H2,(H,28,30). The lowest BCUT2D eigenvalue weighted by Gasteiger charge is -2.21. The van der Waals surface area contributed by atoms with Gasteiger partial charge in [0.25, 0.3) is 11.6 Å². The van der Waals surface area contributed by atoms with Crippen molar-refractivity contribution in [2.45, 2.75) is 76.7 Å². The molecule has 0 atom stereocenters. The number of nitro groups is 1. The first kappa shape index (κ1) is 23.7. The zero-order valence-electron chi connectivity index (χ0n) is 18.8. The molecule has 0 radical (unpaired) electrons. The maximum atomic E-state index is 13.4. The van der Waals surface area contributed by atoms with E-state index in [2.05, 4.69) is 5.32 Å². The molecule has 1 N–H and O–H groups in total. The van der Waals surface area contributed by atoms with Crippen LogP contribution in [-0.2, 0) is 4.79 Å². The first-order valence-electron chi connectivity index (χ1n) is 12.0. The number of amides is 1. The first-order valence-corrected chi connectivity index (χ1v) is 12.0. The molecule has 0 saturated heterocycles. The minimum absolute atomic E-state index is 0.0427. The van der Waals surface area contributed by atoms with Crippen LogP contribution >= 0.6 is 0 Å². The molecule has 170 valence electrons. The Labute approximate surface area is 191 Å². The third-order valence-corrected chi connectivity index (χ3v) is 6.18. The summed E-state index contributed by atoms with van der Waals surface area (Å²) in [5.74, 6) is -0.0772. The van der Waals surface area contributed by atoms with E-state index in [-0.39, 0.29) is 17.6 Å². The van der Waals surface area contributed by atoms with E-state index in [4.69, 9.17) is 0 Å². The van der Waals surface area contributed by atoms with E-state index >= 15 is 0 Å². The molecule has 0 aliphatic heterocycles. The number of nitro benzene ring substituents is 1. The quantitative estimate of drug-likeness (QED) is 0.240. The highest BCUT2D eigenvalue weighted by Gasteiger charge is 2.18. The molecule has 1 amide bonds. The van der Waals surface area contributed by atoms with E-state index < -0.39 is 4.92 Å². The van der Waals surface area contributed by atoms with Crippen molar-refractivity contribution in [2.24, 2.45) is 0 Å². The van der Waals surface area contributed by atoms with Crippen LogP contribution in [0.4, 0.5) is 5.69 Å². The number of benzene rings is 2. The Kier molecular flexibility index (Phi) is 9.48. The summed E-state index contributed by atoms with van der Waals surface area (Å²) in [6, 6.07) is 16.1. The summed E-state index contributed by atoms with van der Waals surface area (Å²) in [5.41, 5.74) is 2.24. The lowest BCUT2D eigenvalue weighted by Crippen LogP contribution is -2.35. The topological polar surface area (TPSA) is 72.2 Å². The summed E-state index contributed by atoms with van der Waals surface area (Å²) >= 11 is 0. The SMILES string of the molecule is O=C(NC1CCCCCCCCCCC1)C(=Cc1ccc([N+](=O)[O-])cc1)c1ccccc1. The van der Waals surface area contributed by atoms with E-state index in [9.17, 15) is 14.9 Å². The van der Waals surface area contributed by atoms with Gasteiger partial charge in [0.2, 0.25) is 0 Å². The zero-order chi connectivity index (χ0) is 22.6. The van der Waals surface area contributed by atoms with Crippen molar-refractivity contribution < 1.29 is 9.72 Å². The molecule has 32 heavy (non-hydrogen) atoms. The summed E-state index contributed by atoms with van der Waals surface area (Å²) in [5, 5.41) is 14.3. The Bertz CT molecular complexity index is 879. The fourth-order valence-corrected chi connectivity index (χ4v) is 4.33. The van der Waals surface area contributed by atoms with Gasteiger partial charge < -0.3 is 5.32 Å². The van der Waals surface area contributed by atoms with E-state index in [0.29, 0.717) is 5.57 Å². The van der Waals surface area contributed by atoms with Crippen molar-refractivity contribution in [2.75, 3.05) is 0 Å². The number of carbonyl (C=O) groups excluding carboxylic acids is 1. The fourth-order valence-electron chi connectivity index (χ4n) is 4.33. The van der Waals surface area contributed by atoms with Gasteiger partial charge in [-0.3, -0.25) is 14.9 Å². The molecule has 0 unspecified atom stereocenters. The van der Waals surface area contributed by atoms with E-state index in [1.165, 1.54) is 57.1 Å². The number of hydrogen-bond acceptors (Lipinski definition) is 3. The Hall–Kier alpha value is -2.95. The van der Waals surface area contributed by atoms with Crippen LogP contribution in [0.2, 0.25) is 0 Å². The summed E-state index contributed by atoms with van der Waals surface area (Å²) in [6.45, 7) is 0. The smallest absolute Gasteiger partial charge is 0.269 e. The highest BCUT2D eigenvalue weighted by Crippen LogP contribution is 2.22. The molecule has 0 heterocycles. The number of hydrogen-bond donors (Lipinski definition) is 1. The van der Waals surface area contributed by atoms with E-state index in [1.54, 1.807) is 12.1 Å². The van der Waals surface area contributed by atoms with Crippen LogP contribution in [0, 0.1) is 10.1 Å². The van der Waals surface area contributed by atoms with Crippen LogP contribution < -0.4 is 5.32 Å². The molecule has 0 spiro atoms. The second kappa shape index (κ2) is 12.8. The Balaban J connectivity index is 1.77. The van der Waals surface area contributed by atoms with Crippen molar-refractivity contribution in [3.05, 3.63) is 75.8 Å². The van der Waals surface area contributed by atoms with Crippen molar-refractivity contribution >= 4 is 23.2 Å². The van der Waals surface area contributed by atoms with Crippen LogP contribution in [0.25, 0.3) is 11.6 Å². The van der Waals surface area contributed by atoms with Gasteiger partial charge in [-0.15, -0.1) is 0 Å². The molecule has 0 bridgehead atoms. The van der Waals surface area contributed by atoms with Gasteiger partial charge in [0.1, 0.15) is 0 Å². The third kappa shape index (κ3) is 7.63. The van der Waals surface area contributed by atoms with Crippen LogP contribution in [-0.4, -0.2) is 16.9 Å². The molecule has 2 aromatic carbocycles. The second-order valence-electron chi connectivity index (χ2n) is 8.70. The largest absolute Gasteiger partial charge is 0.349 e. The molecule has 1 saturated carbocycles. The molecule has 3 rings (SSSR count). The number of rotatable bonds is 5. The predicted octanol–water partition coefficient (Wildman–Crippen LogP) is 6.92. The van der Waals surface area contributed by atoms with Gasteiger partial charge in [-0.1, -0.05) is 88.1 Å². The van der Waals surface area contributed by atoms with Crippen LogP contribution in [0.5, 0.6) is 0 Å². The minimum Gasteiger partial charge on any atom is -0.349 e. The molecule has 0 aromatic heterocycles. The highest BCUT2D eigenvalue weighted by atomic mass is 16.6. The first-order chi connectivity index (χ1) is 15.6. The van der Waals surface area contributed by atoms with Crippen molar-refractivity contribution in [3.8, 4) is 0 Å². The average Bonchev–Trinajstić information content (AvgIpc) is 2.80. The lowest BCUT2D eigenvalue weighted by molar-refractivity contribution is -0.384. The van der Waals surface area contributed by atoms with Gasteiger partial charge in [-0.2, -0.15) is 0 Å². The normalized spacial score (nSPS) is 17.1. The van der Waals surface area contributed by atoms with Gasteiger partial charge in [-0.25, -0.2) is 0 Å². The van der Waals surface area contributed by atoms with Crippen molar-refractivity contribution in [1.29, 1.82) is 0 Å². The number of carbonyl (C=O) groups is 1. The summed E-state index contributed by atoms with van der Waals surface area (Å²) in [7, 11) is 0. The maximum absolute atomic E-state index is 13.4. The van der Waals surface area contributed by atoms with Gasteiger partial charge in [-0.05, 0) is 42.2 Å². The van der Waals surface area contributed by atoms with Gasteiger partial charge >= 0.3 is 0 Å². The lowest BCUT2D eigenvalue weighted by atomic mass is 9.96. The molecule has 5 nitrogen and oxygen atoms in total. The van der Waals surface area contributed by atoms with E-state index in [1.807, 2.05) is 36.4 Å². The molecule has 1 aliphatic carbocycles. The molecule has 1 aliphatic rings. The minimum atomic E-state index is -0.415. The molecule has 1 fully saturated rings. The molecular weight excluding hydrogens is 400 g/mol. The molecule has 5 heteroatoms. The van der Waals surface area contributed by atoms with Crippen LogP contribution in [0.1, 0.15) is 81.8 Å². The molecule has 2 aromatic rings. The Morgan fingerprint density at radius 3 is 1.88 bits per heavy atom. The summed E-state index contributed by atoms with van der Waals surface area (Å²) in [4.78, 5) is 23.9. The van der Waals surface area contributed by atoms with Crippen molar-refractivity contribution in [3.63, 3.8) is 0 Å². The van der Waals surface area contributed by atoms with Crippen molar-refractivity contribution in [1.82, 2.24) is 5.32 Å². The zero-order valence-corrected chi connectivity index (χ0v) is 18.8. The summed E-state index contributed by atoms with van der Waals surface area (Å²) in [6.07, 6.45) is 15.2. The monoisotopic (exact) mass is 434 g/mol. The Morgan fingerprint density at radius 1 is 0.812 bits per heavy atom. The number of nitrogens with zero attached hydrogens (tertiary/aromatic N) is 1. The predicted molar refractivity (Wildman–Crippen MR) is 130 cm³/mol. The van der Waals surface area contributed by atoms with E-state index in [0.717, 1.165) is 36.8 Å². The van der Waals surface area contributed by atoms with Gasteiger partial charge in [0.05, 0.1) is 4.92 Å². The maximum Gasteiger partial charge on any atom is 0.269 e. The van der Waals surface area contributed by atoms with Gasteiger partial charge in [0, 0.05) is 23.7 Å². The third-order valence-electron chi connectivity index (χ3n) is 6.18. The average molecular weight is 435 g/mol. The van der Waals surface area contributed by atoms with Crippen LogP contribution in [0.3, 0.4) is 0 Å².